The summed E-state index contributed by atoms with van der Waals surface area (Å²) in [5.41, 5.74) is 6.12. The summed E-state index contributed by atoms with van der Waals surface area (Å²) < 4.78 is 0. The molecule has 0 aromatic carbocycles. The molecule has 16 heavy (non-hydrogen) atoms. The van der Waals surface area contributed by atoms with Crippen molar-refractivity contribution in [2.24, 2.45) is 0 Å². The Morgan fingerprint density at radius 1 is 1.50 bits per heavy atom. The van der Waals surface area contributed by atoms with E-state index in [1.54, 1.807) is 12.3 Å². The summed E-state index contributed by atoms with van der Waals surface area (Å²) in [6, 6.07) is 1.67. The highest BCUT2D eigenvalue weighted by Crippen LogP contribution is 2.25. The maximum Gasteiger partial charge on any atom is 0.221 e. The van der Waals surface area contributed by atoms with Crippen LogP contribution in [0.2, 0.25) is 5.02 Å². The first-order valence-electron chi connectivity index (χ1n) is 5.09. The molecule has 0 bridgehead atoms. The summed E-state index contributed by atoms with van der Waals surface area (Å²) in [4.78, 5) is 17.4. The third kappa shape index (κ3) is 2.36. The lowest BCUT2D eigenvalue weighted by atomic mass is 10.3. The molecule has 0 atom stereocenters. The van der Waals surface area contributed by atoms with E-state index < -0.39 is 0 Å². The topological polar surface area (TPSA) is 71.2 Å². The maximum absolute atomic E-state index is 11.2. The van der Waals surface area contributed by atoms with Crippen LogP contribution in [0.15, 0.2) is 12.3 Å². The molecule has 1 amide bonds. The first kappa shape index (κ1) is 11.0. The van der Waals surface area contributed by atoms with Crippen molar-refractivity contribution < 1.29 is 4.79 Å². The Morgan fingerprint density at radius 3 is 3.06 bits per heavy atom. The molecule has 0 aliphatic carbocycles. The lowest BCUT2D eigenvalue weighted by Gasteiger charge is -2.21. The van der Waals surface area contributed by atoms with E-state index in [1.165, 1.54) is 0 Å². The first-order valence-corrected chi connectivity index (χ1v) is 5.47. The molecule has 3 N–H and O–H groups in total. The minimum absolute atomic E-state index is 0.0640. The van der Waals surface area contributed by atoms with Gasteiger partial charge in [0, 0.05) is 26.1 Å². The van der Waals surface area contributed by atoms with Crippen molar-refractivity contribution in [1.29, 1.82) is 0 Å². The van der Waals surface area contributed by atoms with Gasteiger partial charge in [0.1, 0.15) is 5.82 Å². The van der Waals surface area contributed by atoms with Crippen molar-refractivity contribution in [1.82, 2.24) is 10.3 Å². The van der Waals surface area contributed by atoms with Gasteiger partial charge in [0.15, 0.2) is 0 Å². The number of nitrogen functional groups attached to an aromatic ring is 1. The smallest absolute Gasteiger partial charge is 0.221 e. The van der Waals surface area contributed by atoms with Gasteiger partial charge in [-0.15, -0.1) is 0 Å². The second kappa shape index (κ2) is 4.57. The monoisotopic (exact) mass is 240 g/mol. The Hall–Kier alpha value is -1.49. The number of hydrogen-bond acceptors (Lipinski definition) is 4. The van der Waals surface area contributed by atoms with Gasteiger partial charge in [-0.3, -0.25) is 4.79 Å². The molecule has 2 heterocycles. The standard InChI is InChI=1S/C10H13ClN4O/c11-8-5-7(12)6-14-10(8)15-3-1-9(16)13-2-4-15/h5-6H,1-4,12H2,(H,13,16). The second-order valence-electron chi connectivity index (χ2n) is 3.66. The number of rotatable bonds is 1. The minimum Gasteiger partial charge on any atom is -0.397 e. The number of carbonyl (C=O) groups is 1. The zero-order chi connectivity index (χ0) is 11.5. The van der Waals surface area contributed by atoms with Crippen molar-refractivity contribution in [3.05, 3.63) is 17.3 Å². The van der Waals surface area contributed by atoms with Gasteiger partial charge in [0.25, 0.3) is 0 Å². The van der Waals surface area contributed by atoms with Crippen LogP contribution in [0.1, 0.15) is 6.42 Å². The molecule has 0 saturated carbocycles. The summed E-state index contributed by atoms with van der Waals surface area (Å²) in [5, 5.41) is 3.32. The number of nitrogens with zero attached hydrogens (tertiary/aromatic N) is 2. The van der Waals surface area contributed by atoms with Crippen molar-refractivity contribution in [2.75, 3.05) is 30.3 Å². The average molecular weight is 241 g/mol. The summed E-state index contributed by atoms with van der Waals surface area (Å²) in [6.07, 6.45) is 2.03. The lowest BCUT2D eigenvalue weighted by molar-refractivity contribution is -0.120. The van der Waals surface area contributed by atoms with Crippen molar-refractivity contribution >= 4 is 29.0 Å². The summed E-state index contributed by atoms with van der Waals surface area (Å²) in [6.45, 7) is 1.95. The van der Waals surface area contributed by atoms with Crippen LogP contribution >= 0.6 is 11.6 Å². The summed E-state index contributed by atoms with van der Waals surface area (Å²) >= 11 is 6.06. The first-order chi connectivity index (χ1) is 7.66. The number of anilines is 2. The van der Waals surface area contributed by atoms with Crippen LogP contribution in [0.5, 0.6) is 0 Å². The quantitative estimate of drug-likeness (QED) is 0.756. The molecule has 5 nitrogen and oxygen atoms in total. The van der Waals surface area contributed by atoms with Crippen molar-refractivity contribution in [3.63, 3.8) is 0 Å². The normalized spacial score (nSPS) is 16.8. The Bertz CT molecular complexity index is 410. The number of nitrogens with one attached hydrogen (secondary N) is 1. The third-order valence-electron chi connectivity index (χ3n) is 2.46. The van der Waals surface area contributed by atoms with E-state index in [2.05, 4.69) is 10.3 Å². The summed E-state index contributed by atoms with van der Waals surface area (Å²) in [5.74, 6) is 0.751. The molecule has 1 aromatic rings. The molecule has 2 rings (SSSR count). The number of amides is 1. The number of aromatic nitrogens is 1. The Balaban J connectivity index is 2.19. The van der Waals surface area contributed by atoms with Gasteiger partial charge < -0.3 is 16.0 Å². The second-order valence-corrected chi connectivity index (χ2v) is 4.07. The fraction of sp³-hybridized carbons (Fsp3) is 0.400. The molecule has 1 saturated heterocycles. The average Bonchev–Trinajstić information content (AvgIpc) is 2.43. The van der Waals surface area contributed by atoms with Crippen LogP contribution in [0.4, 0.5) is 11.5 Å². The molecule has 0 spiro atoms. The molecule has 1 aliphatic heterocycles. The molecule has 1 fully saturated rings. The molecule has 1 aliphatic rings. The molecule has 0 unspecified atom stereocenters. The molecule has 1 aromatic heterocycles. The maximum atomic E-state index is 11.2. The molecule has 6 heteroatoms. The molecular formula is C10H13ClN4O. The van der Waals surface area contributed by atoms with Crippen molar-refractivity contribution in [3.8, 4) is 0 Å². The lowest BCUT2D eigenvalue weighted by Crippen LogP contribution is -2.29. The van der Waals surface area contributed by atoms with Crippen LogP contribution < -0.4 is 16.0 Å². The fourth-order valence-corrected chi connectivity index (χ4v) is 1.95. The number of nitrogens with two attached hydrogens (primary N) is 1. The third-order valence-corrected chi connectivity index (χ3v) is 2.73. The van der Waals surface area contributed by atoms with E-state index in [9.17, 15) is 4.79 Å². The zero-order valence-corrected chi connectivity index (χ0v) is 9.50. The highest BCUT2D eigenvalue weighted by atomic mass is 35.5. The van der Waals surface area contributed by atoms with Crippen LogP contribution in [0, 0.1) is 0 Å². The van der Waals surface area contributed by atoms with E-state index in [0.717, 1.165) is 0 Å². The highest BCUT2D eigenvalue weighted by molar-refractivity contribution is 6.33. The van der Waals surface area contributed by atoms with Crippen LogP contribution in [0.3, 0.4) is 0 Å². The van der Waals surface area contributed by atoms with E-state index in [4.69, 9.17) is 17.3 Å². The van der Waals surface area contributed by atoms with Gasteiger partial charge in [0.05, 0.1) is 16.9 Å². The van der Waals surface area contributed by atoms with Gasteiger partial charge in [-0.2, -0.15) is 0 Å². The molecule has 0 radical (unpaired) electrons. The highest BCUT2D eigenvalue weighted by Gasteiger charge is 2.16. The number of carbonyl (C=O) groups excluding carboxylic acids is 1. The predicted octanol–water partition coefficient (Wildman–Crippen LogP) is 0.643. The number of pyridine rings is 1. The van der Waals surface area contributed by atoms with Gasteiger partial charge in [0.2, 0.25) is 5.91 Å². The van der Waals surface area contributed by atoms with Gasteiger partial charge in [-0.1, -0.05) is 11.6 Å². The molecule has 86 valence electrons. The van der Waals surface area contributed by atoms with E-state index in [1.807, 2.05) is 4.90 Å². The van der Waals surface area contributed by atoms with Crippen LogP contribution in [-0.2, 0) is 4.79 Å². The SMILES string of the molecule is Nc1cnc(N2CCNC(=O)CC2)c(Cl)c1. The Kier molecular flexibility index (Phi) is 3.14. The van der Waals surface area contributed by atoms with Gasteiger partial charge in [-0.25, -0.2) is 4.98 Å². The van der Waals surface area contributed by atoms with Gasteiger partial charge >= 0.3 is 0 Å². The van der Waals surface area contributed by atoms with Crippen LogP contribution in [0.25, 0.3) is 0 Å². The van der Waals surface area contributed by atoms with Crippen LogP contribution in [-0.4, -0.2) is 30.5 Å². The van der Waals surface area contributed by atoms with E-state index in [0.29, 0.717) is 42.6 Å². The number of hydrogen-bond donors (Lipinski definition) is 2. The fourth-order valence-electron chi connectivity index (χ4n) is 1.66. The van der Waals surface area contributed by atoms with E-state index >= 15 is 0 Å². The van der Waals surface area contributed by atoms with Crippen molar-refractivity contribution in [2.45, 2.75) is 6.42 Å². The van der Waals surface area contributed by atoms with E-state index in [-0.39, 0.29) is 5.91 Å². The number of halogens is 1. The summed E-state index contributed by atoms with van der Waals surface area (Å²) in [7, 11) is 0. The molecular weight excluding hydrogens is 228 g/mol. The zero-order valence-electron chi connectivity index (χ0n) is 8.74. The minimum atomic E-state index is 0.0640. The predicted molar refractivity (Wildman–Crippen MR) is 63.5 cm³/mol. The largest absolute Gasteiger partial charge is 0.397 e. The van der Waals surface area contributed by atoms with Gasteiger partial charge in [-0.05, 0) is 6.07 Å². The Labute approximate surface area is 98.6 Å². The Morgan fingerprint density at radius 2 is 2.31 bits per heavy atom.